The van der Waals surface area contributed by atoms with E-state index in [0.717, 1.165) is 6.42 Å². The van der Waals surface area contributed by atoms with Crippen molar-refractivity contribution in [3.63, 3.8) is 0 Å². The van der Waals surface area contributed by atoms with E-state index in [1.54, 1.807) is 12.1 Å². The summed E-state index contributed by atoms with van der Waals surface area (Å²) in [5, 5.41) is 8.55. The van der Waals surface area contributed by atoms with Crippen molar-refractivity contribution in [3.05, 3.63) is 34.6 Å². The molecule has 3 rings (SSSR count). The van der Waals surface area contributed by atoms with Gasteiger partial charge in [-0.1, -0.05) is 17.3 Å². The Morgan fingerprint density at radius 2 is 2.28 bits per heavy atom. The van der Waals surface area contributed by atoms with E-state index in [2.05, 4.69) is 10.3 Å². The third kappa shape index (κ3) is 2.12. The summed E-state index contributed by atoms with van der Waals surface area (Å²) in [6.45, 7) is 1.35. The number of aromatic nitrogens is 3. The largest absolute Gasteiger partial charge is 0.355 e. The lowest BCUT2D eigenvalue weighted by atomic mass is 10.2. The molecule has 1 aliphatic heterocycles. The van der Waals surface area contributed by atoms with Crippen molar-refractivity contribution < 1.29 is 9.47 Å². The Bertz CT molecular complexity index is 605. The fourth-order valence-electron chi connectivity index (χ4n) is 1.98. The van der Waals surface area contributed by atoms with Crippen LogP contribution >= 0.6 is 0 Å². The lowest BCUT2D eigenvalue weighted by Crippen LogP contribution is -2.34. The van der Waals surface area contributed by atoms with Crippen LogP contribution in [0.1, 0.15) is 6.42 Å². The van der Waals surface area contributed by atoms with Crippen LogP contribution in [-0.4, -0.2) is 34.5 Å². The van der Waals surface area contributed by atoms with Crippen LogP contribution in [0.2, 0.25) is 0 Å². The molecule has 0 bridgehead atoms. The highest BCUT2D eigenvalue weighted by atomic mass is 16.7. The highest BCUT2D eigenvalue weighted by Crippen LogP contribution is 2.08. The minimum Gasteiger partial charge on any atom is -0.355 e. The SMILES string of the molecule is O=c1c2ccccc2nnn1C[C@@H]1CCOCO1. The number of ether oxygens (including phenoxy) is 2. The van der Waals surface area contributed by atoms with E-state index in [1.165, 1.54) is 4.68 Å². The molecular formula is C12H13N3O3. The smallest absolute Gasteiger partial charge is 0.277 e. The molecule has 0 spiro atoms. The van der Waals surface area contributed by atoms with E-state index in [1.807, 2.05) is 12.1 Å². The summed E-state index contributed by atoms with van der Waals surface area (Å²) >= 11 is 0. The lowest BCUT2D eigenvalue weighted by molar-refractivity contribution is -0.143. The Morgan fingerprint density at radius 3 is 3.11 bits per heavy atom. The van der Waals surface area contributed by atoms with Gasteiger partial charge in [-0.3, -0.25) is 4.79 Å². The second-order valence-electron chi connectivity index (χ2n) is 4.20. The Balaban J connectivity index is 1.92. The summed E-state index contributed by atoms with van der Waals surface area (Å²) in [6, 6.07) is 7.19. The van der Waals surface area contributed by atoms with Crippen molar-refractivity contribution in [2.75, 3.05) is 13.4 Å². The van der Waals surface area contributed by atoms with E-state index in [-0.39, 0.29) is 18.5 Å². The van der Waals surface area contributed by atoms with Gasteiger partial charge in [0.15, 0.2) is 0 Å². The molecule has 1 fully saturated rings. The summed E-state index contributed by atoms with van der Waals surface area (Å²) in [5.41, 5.74) is 0.488. The van der Waals surface area contributed by atoms with Crippen LogP contribution in [0.5, 0.6) is 0 Å². The molecular weight excluding hydrogens is 234 g/mol. The Morgan fingerprint density at radius 1 is 1.39 bits per heavy atom. The van der Waals surface area contributed by atoms with Crippen molar-refractivity contribution in [2.24, 2.45) is 0 Å². The van der Waals surface area contributed by atoms with E-state index in [0.29, 0.717) is 24.1 Å². The zero-order valence-corrected chi connectivity index (χ0v) is 9.78. The molecule has 0 N–H and O–H groups in total. The molecule has 2 aromatic rings. The van der Waals surface area contributed by atoms with Crippen LogP contribution in [0.15, 0.2) is 29.1 Å². The summed E-state index contributed by atoms with van der Waals surface area (Å²) in [7, 11) is 0. The van der Waals surface area contributed by atoms with Gasteiger partial charge in [0.1, 0.15) is 12.3 Å². The first-order valence-electron chi connectivity index (χ1n) is 5.86. The van der Waals surface area contributed by atoms with E-state index < -0.39 is 0 Å². The van der Waals surface area contributed by atoms with Crippen molar-refractivity contribution in [1.29, 1.82) is 0 Å². The minimum absolute atomic E-state index is 0.0353. The highest BCUT2D eigenvalue weighted by molar-refractivity contribution is 5.76. The molecule has 6 heteroatoms. The summed E-state index contributed by atoms with van der Waals surface area (Å²) < 4.78 is 11.9. The molecule has 18 heavy (non-hydrogen) atoms. The fourth-order valence-corrected chi connectivity index (χ4v) is 1.98. The predicted molar refractivity (Wildman–Crippen MR) is 64.1 cm³/mol. The molecule has 1 aliphatic rings. The van der Waals surface area contributed by atoms with Crippen LogP contribution < -0.4 is 5.56 Å². The fraction of sp³-hybridized carbons (Fsp3) is 0.417. The Kier molecular flexibility index (Phi) is 3.04. The van der Waals surface area contributed by atoms with Crippen LogP contribution in [0.3, 0.4) is 0 Å². The van der Waals surface area contributed by atoms with Crippen LogP contribution in [-0.2, 0) is 16.0 Å². The summed E-state index contributed by atoms with van der Waals surface area (Å²) in [4.78, 5) is 12.2. The average Bonchev–Trinajstić information content (AvgIpc) is 2.43. The highest BCUT2D eigenvalue weighted by Gasteiger charge is 2.16. The molecule has 2 heterocycles. The first-order valence-corrected chi connectivity index (χ1v) is 5.86. The van der Waals surface area contributed by atoms with Gasteiger partial charge in [0.05, 0.1) is 24.6 Å². The van der Waals surface area contributed by atoms with Gasteiger partial charge in [-0.2, -0.15) is 0 Å². The molecule has 0 amide bonds. The molecule has 1 atom stereocenters. The minimum atomic E-state index is -0.129. The van der Waals surface area contributed by atoms with Gasteiger partial charge in [-0.25, -0.2) is 4.68 Å². The molecule has 0 radical (unpaired) electrons. The number of benzene rings is 1. The zero-order valence-electron chi connectivity index (χ0n) is 9.78. The third-order valence-corrected chi connectivity index (χ3v) is 2.98. The van der Waals surface area contributed by atoms with Gasteiger partial charge in [0, 0.05) is 0 Å². The maximum Gasteiger partial charge on any atom is 0.277 e. The zero-order chi connectivity index (χ0) is 12.4. The van der Waals surface area contributed by atoms with Crippen molar-refractivity contribution in [3.8, 4) is 0 Å². The third-order valence-electron chi connectivity index (χ3n) is 2.98. The molecule has 6 nitrogen and oxygen atoms in total. The standard InChI is InChI=1S/C12H13N3O3/c16-12-10-3-1-2-4-11(10)13-14-15(12)7-9-5-6-17-8-18-9/h1-4,9H,5-8H2/t9-/m0/s1. The Hall–Kier alpha value is -1.79. The summed E-state index contributed by atoms with van der Waals surface area (Å²) in [6.07, 6.45) is 0.730. The van der Waals surface area contributed by atoms with Gasteiger partial charge in [-0.15, -0.1) is 5.10 Å². The van der Waals surface area contributed by atoms with Gasteiger partial charge >= 0.3 is 0 Å². The Labute approximate surface area is 103 Å². The second kappa shape index (κ2) is 4.83. The second-order valence-corrected chi connectivity index (χ2v) is 4.20. The number of hydrogen-bond donors (Lipinski definition) is 0. The van der Waals surface area contributed by atoms with E-state index in [4.69, 9.17) is 9.47 Å². The number of rotatable bonds is 2. The van der Waals surface area contributed by atoms with Gasteiger partial charge in [0.25, 0.3) is 5.56 Å². The maximum absolute atomic E-state index is 12.2. The van der Waals surface area contributed by atoms with E-state index in [9.17, 15) is 4.79 Å². The molecule has 1 aromatic carbocycles. The van der Waals surface area contributed by atoms with Gasteiger partial charge < -0.3 is 9.47 Å². The molecule has 1 saturated heterocycles. The van der Waals surface area contributed by atoms with Crippen molar-refractivity contribution in [1.82, 2.24) is 15.0 Å². The number of hydrogen-bond acceptors (Lipinski definition) is 5. The first-order chi connectivity index (χ1) is 8.84. The lowest BCUT2D eigenvalue weighted by Gasteiger charge is -2.22. The van der Waals surface area contributed by atoms with Gasteiger partial charge in [-0.05, 0) is 18.6 Å². The molecule has 94 valence electrons. The van der Waals surface area contributed by atoms with Gasteiger partial charge in [0.2, 0.25) is 0 Å². The molecule has 0 unspecified atom stereocenters. The quantitative estimate of drug-likeness (QED) is 0.775. The molecule has 0 saturated carbocycles. The molecule has 1 aromatic heterocycles. The summed E-state index contributed by atoms with van der Waals surface area (Å²) in [5.74, 6) is 0. The van der Waals surface area contributed by atoms with Crippen molar-refractivity contribution in [2.45, 2.75) is 19.1 Å². The topological polar surface area (TPSA) is 66.2 Å². The normalized spacial score (nSPS) is 20.1. The number of fused-ring (bicyclic) bond motifs is 1. The van der Waals surface area contributed by atoms with Crippen LogP contribution in [0.4, 0.5) is 0 Å². The average molecular weight is 247 g/mol. The first kappa shape index (κ1) is 11.3. The van der Waals surface area contributed by atoms with Crippen LogP contribution in [0, 0.1) is 0 Å². The predicted octanol–water partition coefficient (Wildman–Crippen LogP) is 0.554. The maximum atomic E-state index is 12.2. The van der Waals surface area contributed by atoms with E-state index >= 15 is 0 Å². The van der Waals surface area contributed by atoms with Crippen molar-refractivity contribution >= 4 is 10.9 Å². The number of nitrogens with zero attached hydrogens (tertiary/aromatic N) is 3. The molecule has 0 aliphatic carbocycles. The van der Waals surface area contributed by atoms with Crippen LogP contribution in [0.25, 0.3) is 10.9 Å². The monoisotopic (exact) mass is 247 g/mol.